The van der Waals surface area contributed by atoms with Crippen LogP contribution in [0.4, 0.5) is 0 Å². The van der Waals surface area contributed by atoms with Crippen LogP contribution in [0.2, 0.25) is 5.02 Å². The topological polar surface area (TPSA) is 55.1 Å². The Kier molecular flexibility index (Phi) is 5.83. The molecule has 1 aromatic carbocycles. The van der Waals surface area contributed by atoms with Crippen LogP contribution in [0.1, 0.15) is 39.3 Å². The van der Waals surface area contributed by atoms with Crippen LogP contribution in [0.3, 0.4) is 0 Å². The fraction of sp³-hybridized carbons (Fsp3) is 0.533. The summed E-state index contributed by atoms with van der Waals surface area (Å²) < 4.78 is 0. The molecule has 0 spiro atoms. The van der Waals surface area contributed by atoms with Gasteiger partial charge in [0.15, 0.2) is 0 Å². The molecule has 3 nitrogen and oxygen atoms in total. The lowest BCUT2D eigenvalue weighted by molar-refractivity contribution is -0.124. The van der Waals surface area contributed by atoms with Crippen molar-refractivity contribution in [3.63, 3.8) is 0 Å². The molecule has 0 aliphatic rings. The summed E-state index contributed by atoms with van der Waals surface area (Å²) in [6.45, 7) is 8.02. The van der Waals surface area contributed by atoms with E-state index >= 15 is 0 Å². The molecule has 0 aliphatic heterocycles. The zero-order valence-corrected chi connectivity index (χ0v) is 12.7. The molecule has 0 bridgehead atoms. The standard InChI is InChI=1S/C15H23ClN2O/c1-9(2)13(17)15(19)18-14(10(3)4)11-5-7-12(16)8-6-11/h5-10,13-14H,17H2,1-4H3,(H,18,19). The lowest BCUT2D eigenvalue weighted by Gasteiger charge is -2.25. The van der Waals surface area contributed by atoms with E-state index in [0.717, 1.165) is 5.56 Å². The molecule has 19 heavy (non-hydrogen) atoms. The van der Waals surface area contributed by atoms with Crippen LogP contribution in [-0.2, 0) is 4.79 Å². The third-order valence-corrected chi connectivity index (χ3v) is 3.47. The Labute approximate surface area is 120 Å². The Hall–Kier alpha value is -1.06. The third kappa shape index (κ3) is 4.51. The zero-order chi connectivity index (χ0) is 14.6. The molecule has 0 radical (unpaired) electrons. The van der Waals surface area contributed by atoms with E-state index in [9.17, 15) is 4.79 Å². The molecule has 3 N–H and O–H groups in total. The van der Waals surface area contributed by atoms with Gasteiger partial charge in [-0.25, -0.2) is 0 Å². The molecule has 0 aliphatic carbocycles. The van der Waals surface area contributed by atoms with Crippen LogP contribution in [0.5, 0.6) is 0 Å². The molecule has 1 aromatic rings. The third-order valence-electron chi connectivity index (χ3n) is 3.21. The van der Waals surface area contributed by atoms with Gasteiger partial charge in [0.2, 0.25) is 5.91 Å². The fourth-order valence-electron chi connectivity index (χ4n) is 1.86. The van der Waals surface area contributed by atoms with Gasteiger partial charge in [-0.2, -0.15) is 0 Å². The van der Waals surface area contributed by atoms with Crippen molar-refractivity contribution in [3.8, 4) is 0 Å². The molecule has 2 unspecified atom stereocenters. The molecule has 1 amide bonds. The van der Waals surface area contributed by atoms with Gasteiger partial charge >= 0.3 is 0 Å². The minimum absolute atomic E-state index is 0.0467. The average molecular weight is 283 g/mol. The van der Waals surface area contributed by atoms with E-state index in [0.29, 0.717) is 5.02 Å². The van der Waals surface area contributed by atoms with Crippen molar-refractivity contribution in [3.05, 3.63) is 34.9 Å². The molecule has 0 aromatic heterocycles. The Morgan fingerprint density at radius 3 is 2.05 bits per heavy atom. The highest BCUT2D eigenvalue weighted by atomic mass is 35.5. The molecule has 2 atom stereocenters. The number of hydrogen-bond acceptors (Lipinski definition) is 2. The zero-order valence-electron chi connectivity index (χ0n) is 12.0. The van der Waals surface area contributed by atoms with Gasteiger partial charge in [-0.1, -0.05) is 51.4 Å². The summed E-state index contributed by atoms with van der Waals surface area (Å²) in [6, 6.07) is 7.02. The van der Waals surface area contributed by atoms with E-state index in [2.05, 4.69) is 19.2 Å². The van der Waals surface area contributed by atoms with Crippen molar-refractivity contribution >= 4 is 17.5 Å². The number of carbonyl (C=O) groups excluding carboxylic acids is 1. The van der Waals surface area contributed by atoms with Gasteiger partial charge in [-0.15, -0.1) is 0 Å². The predicted octanol–water partition coefficient (Wildman–Crippen LogP) is 3.14. The predicted molar refractivity (Wildman–Crippen MR) is 80.0 cm³/mol. The van der Waals surface area contributed by atoms with Crippen molar-refractivity contribution in [2.45, 2.75) is 39.8 Å². The number of halogens is 1. The monoisotopic (exact) mass is 282 g/mol. The van der Waals surface area contributed by atoms with Crippen LogP contribution in [-0.4, -0.2) is 11.9 Å². The van der Waals surface area contributed by atoms with Crippen LogP contribution < -0.4 is 11.1 Å². The highest BCUT2D eigenvalue weighted by Crippen LogP contribution is 2.23. The summed E-state index contributed by atoms with van der Waals surface area (Å²) in [5.41, 5.74) is 6.92. The molecule has 106 valence electrons. The number of nitrogens with one attached hydrogen (secondary N) is 1. The van der Waals surface area contributed by atoms with Gasteiger partial charge in [0.1, 0.15) is 0 Å². The largest absolute Gasteiger partial charge is 0.348 e. The second-order valence-electron chi connectivity index (χ2n) is 5.55. The first-order valence-electron chi connectivity index (χ1n) is 6.64. The summed E-state index contributed by atoms with van der Waals surface area (Å²) in [4.78, 5) is 12.1. The van der Waals surface area contributed by atoms with E-state index in [1.165, 1.54) is 0 Å². The van der Waals surface area contributed by atoms with Crippen molar-refractivity contribution in [2.24, 2.45) is 17.6 Å². The summed E-state index contributed by atoms with van der Waals surface area (Å²) in [6.07, 6.45) is 0. The van der Waals surface area contributed by atoms with E-state index in [4.69, 9.17) is 17.3 Å². The second kappa shape index (κ2) is 6.92. The molecule has 4 heteroatoms. The fourth-order valence-corrected chi connectivity index (χ4v) is 1.98. The first-order valence-corrected chi connectivity index (χ1v) is 7.02. The Morgan fingerprint density at radius 1 is 1.11 bits per heavy atom. The van der Waals surface area contributed by atoms with E-state index in [-0.39, 0.29) is 23.8 Å². The number of nitrogens with two attached hydrogens (primary N) is 1. The molecule has 0 heterocycles. The first-order chi connectivity index (χ1) is 8.82. The molecule has 1 rings (SSSR count). The maximum absolute atomic E-state index is 12.1. The minimum Gasteiger partial charge on any atom is -0.348 e. The summed E-state index contributed by atoms with van der Waals surface area (Å²) >= 11 is 5.89. The average Bonchev–Trinajstić information content (AvgIpc) is 2.35. The maximum atomic E-state index is 12.1. The van der Waals surface area contributed by atoms with Crippen LogP contribution in [0, 0.1) is 11.8 Å². The van der Waals surface area contributed by atoms with Gasteiger partial charge in [-0.05, 0) is 29.5 Å². The molecule has 0 fully saturated rings. The number of carbonyl (C=O) groups is 1. The smallest absolute Gasteiger partial charge is 0.237 e. The lowest BCUT2D eigenvalue weighted by atomic mass is 9.95. The Balaban J connectivity index is 2.85. The number of benzene rings is 1. The first kappa shape index (κ1) is 16.0. The van der Waals surface area contributed by atoms with Gasteiger partial charge in [0, 0.05) is 5.02 Å². The minimum atomic E-state index is -0.478. The molecule has 0 saturated carbocycles. The van der Waals surface area contributed by atoms with Gasteiger partial charge in [-0.3, -0.25) is 4.79 Å². The normalized spacial score (nSPS) is 14.5. The SMILES string of the molecule is CC(C)C(N)C(=O)NC(c1ccc(Cl)cc1)C(C)C. The van der Waals surface area contributed by atoms with Crippen molar-refractivity contribution in [1.82, 2.24) is 5.32 Å². The lowest BCUT2D eigenvalue weighted by Crippen LogP contribution is -2.46. The number of hydrogen-bond donors (Lipinski definition) is 2. The van der Waals surface area contributed by atoms with Crippen LogP contribution in [0.15, 0.2) is 24.3 Å². The highest BCUT2D eigenvalue weighted by Gasteiger charge is 2.23. The van der Waals surface area contributed by atoms with Crippen molar-refractivity contribution in [1.29, 1.82) is 0 Å². The molecular weight excluding hydrogens is 260 g/mol. The van der Waals surface area contributed by atoms with Crippen molar-refractivity contribution < 1.29 is 4.79 Å². The van der Waals surface area contributed by atoms with E-state index in [1.54, 1.807) is 0 Å². The van der Waals surface area contributed by atoms with Gasteiger partial charge in [0.05, 0.1) is 12.1 Å². The Bertz CT molecular complexity index is 415. The number of amides is 1. The molecular formula is C15H23ClN2O. The van der Waals surface area contributed by atoms with Gasteiger partial charge < -0.3 is 11.1 Å². The van der Waals surface area contributed by atoms with E-state index < -0.39 is 6.04 Å². The van der Waals surface area contributed by atoms with Crippen LogP contribution >= 0.6 is 11.6 Å². The maximum Gasteiger partial charge on any atom is 0.237 e. The van der Waals surface area contributed by atoms with Gasteiger partial charge in [0.25, 0.3) is 0 Å². The Morgan fingerprint density at radius 2 is 1.63 bits per heavy atom. The van der Waals surface area contributed by atoms with Crippen LogP contribution in [0.25, 0.3) is 0 Å². The highest BCUT2D eigenvalue weighted by molar-refractivity contribution is 6.30. The summed E-state index contributed by atoms with van der Waals surface area (Å²) in [5, 5.41) is 3.72. The quantitative estimate of drug-likeness (QED) is 0.872. The van der Waals surface area contributed by atoms with Crippen molar-refractivity contribution in [2.75, 3.05) is 0 Å². The van der Waals surface area contributed by atoms with E-state index in [1.807, 2.05) is 38.1 Å². The summed E-state index contributed by atoms with van der Waals surface area (Å²) in [7, 11) is 0. The summed E-state index contributed by atoms with van der Waals surface area (Å²) in [5.74, 6) is 0.297. The number of rotatable bonds is 5. The second-order valence-corrected chi connectivity index (χ2v) is 5.99. The molecule has 0 saturated heterocycles.